The first-order valence-corrected chi connectivity index (χ1v) is 4.46. The number of hydrogen-bond donors (Lipinski definition) is 1. The number of benzene rings is 1. The van der Waals surface area contributed by atoms with Gasteiger partial charge in [0, 0.05) is 7.05 Å². The predicted molar refractivity (Wildman–Crippen MR) is 55.0 cm³/mol. The Hall–Kier alpha value is -1.71. The lowest BCUT2D eigenvalue weighted by atomic mass is 10.3. The summed E-state index contributed by atoms with van der Waals surface area (Å²) in [7, 11) is 1.76. The van der Waals surface area contributed by atoms with Gasteiger partial charge in [-0.3, -0.25) is 5.01 Å². The highest BCUT2D eigenvalue weighted by atomic mass is 16.6. The van der Waals surface area contributed by atoms with Crippen LogP contribution in [0.1, 0.15) is 6.92 Å². The zero-order chi connectivity index (χ0) is 10.4. The lowest BCUT2D eigenvalue weighted by Crippen LogP contribution is -2.39. The maximum atomic E-state index is 11.1. The molecule has 1 aromatic rings. The summed E-state index contributed by atoms with van der Waals surface area (Å²) in [6, 6.07) is 9.51. The van der Waals surface area contributed by atoms with E-state index in [0.29, 0.717) is 6.61 Å². The third kappa shape index (κ3) is 2.97. The SMILES string of the molecule is CCOC(=O)NN(C)c1ccccc1. The van der Waals surface area contributed by atoms with Crippen molar-refractivity contribution < 1.29 is 9.53 Å². The largest absolute Gasteiger partial charge is 0.449 e. The highest BCUT2D eigenvalue weighted by Gasteiger charge is 2.04. The van der Waals surface area contributed by atoms with Crippen LogP contribution in [0.5, 0.6) is 0 Å². The molecule has 4 heteroatoms. The van der Waals surface area contributed by atoms with Gasteiger partial charge in [-0.1, -0.05) is 18.2 Å². The lowest BCUT2D eigenvalue weighted by Gasteiger charge is -2.19. The van der Waals surface area contributed by atoms with Gasteiger partial charge in [-0.05, 0) is 19.1 Å². The molecule has 0 spiro atoms. The van der Waals surface area contributed by atoms with E-state index < -0.39 is 6.09 Å². The summed E-state index contributed by atoms with van der Waals surface area (Å²) >= 11 is 0. The topological polar surface area (TPSA) is 41.6 Å². The van der Waals surface area contributed by atoms with Gasteiger partial charge in [0.25, 0.3) is 0 Å². The van der Waals surface area contributed by atoms with Crippen molar-refractivity contribution in [1.82, 2.24) is 5.43 Å². The van der Waals surface area contributed by atoms with Gasteiger partial charge in [0.15, 0.2) is 0 Å². The molecule has 0 saturated heterocycles. The molecule has 0 bridgehead atoms. The van der Waals surface area contributed by atoms with Crippen LogP contribution in [0.2, 0.25) is 0 Å². The van der Waals surface area contributed by atoms with Crippen LogP contribution in [-0.2, 0) is 4.74 Å². The molecule has 0 aromatic heterocycles. The molecular weight excluding hydrogens is 180 g/mol. The van der Waals surface area contributed by atoms with Gasteiger partial charge < -0.3 is 4.74 Å². The molecule has 0 radical (unpaired) electrons. The summed E-state index contributed by atoms with van der Waals surface area (Å²) < 4.78 is 4.74. The van der Waals surface area contributed by atoms with Crippen LogP contribution >= 0.6 is 0 Å². The van der Waals surface area contributed by atoms with Gasteiger partial charge in [-0.15, -0.1) is 0 Å². The Labute approximate surface area is 83.4 Å². The Morgan fingerprint density at radius 3 is 2.64 bits per heavy atom. The van der Waals surface area contributed by atoms with Crippen molar-refractivity contribution in [2.75, 3.05) is 18.7 Å². The first kappa shape index (κ1) is 10.4. The average molecular weight is 194 g/mol. The van der Waals surface area contributed by atoms with E-state index in [1.165, 1.54) is 0 Å². The quantitative estimate of drug-likeness (QED) is 0.746. The number of carbonyl (C=O) groups excluding carboxylic acids is 1. The molecule has 4 nitrogen and oxygen atoms in total. The minimum atomic E-state index is -0.446. The van der Waals surface area contributed by atoms with Gasteiger partial charge >= 0.3 is 6.09 Å². The zero-order valence-corrected chi connectivity index (χ0v) is 8.36. The molecule has 0 unspecified atom stereocenters. The van der Waals surface area contributed by atoms with Crippen LogP contribution in [-0.4, -0.2) is 19.7 Å². The standard InChI is InChI=1S/C10H14N2O2/c1-3-14-10(13)11-12(2)9-7-5-4-6-8-9/h4-8H,3H2,1-2H3,(H,11,13). The Balaban J connectivity index is 2.50. The number of nitrogens with zero attached hydrogens (tertiary/aromatic N) is 1. The van der Waals surface area contributed by atoms with Crippen molar-refractivity contribution in [2.45, 2.75) is 6.92 Å². The Kier molecular flexibility index (Phi) is 3.79. The number of para-hydroxylation sites is 1. The average Bonchev–Trinajstić information content (AvgIpc) is 2.19. The van der Waals surface area contributed by atoms with Crippen molar-refractivity contribution in [1.29, 1.82) is 0 Å². The normalized spacial score (nSPS) is 9.29. The van der Waals surface area contributed by atoms with Crippen LogP contribution in [0.25, 0.3) is 0 Å². The molecule has 0 aliphatic carbocycles. The second-order valence-corrected chi connectivity index (χ2v) is 2.73. The van der Waals surface area contributed by atoms with E-state index in [1.54, 1.807) is 19.0 Å². The van der Waals surface area contributed by atoms with E-state index in [4.69, 9.17) is 4.74 Å². The van der Waals surface area contributed by atoms with Crippen molar-refractivity contribution in [3.63, 3.8) is 0 Å². The Morgan fingerprint density at radius 1 is 1.43 bits per heavy atom. The molecule has 0 aliphatic heterocycles. The van der Waals surface area contributed by atoms with Gasteiger partial charge in [0.2, 0.25) is 0 Å². The number of nitrogens with one attached hydrogen (secondary N) is 1. The predicted octanol–water partition coefficient (Wildman–Crippen LogP) is 1.78. The molecule has 0 fully saturated rings. The Bertz CT molecular complexity index is 287. The molecule has 0 heterocycles. The monoisotopic (exact) mass is 194 g/mol. The van der Waals surface area contributed by atoms with Crippen LogP contribution in [0.4, 0.5) is 10.5 Å². The fourth-order valence-corrected chi connectivity index (χ4v) is 1.02. The van der Waals surface area contributed by atoms with E-state index in [0.717, 1.165) is 5.69 Å². The van der Waals surface area contributed by atoms with E-state index in [9.17, 15) is 4.79 Å². The minimum absolute atomic E-state index is 0.370. The van der Waals surface area contributed by atoms with E-state index in [-0.39, 0.29) is 0 Å². The molecule has 1 rings (SSSR count). The summed E-state index contributed by atoms with van der Waals surface area (Å²) in [4.78, 5) is 11.1. The minimum Gasteiger partial charge on any atom is -0.449 e. The van der Waals surface area contributed by atoms with Crippen molar-refractivity contribution >= 4 is 11.8 Å². The molecule has 14 heavy (non-hydrogen) atoms. The number of ether oxygens (including phenoxy) is 1. The summed E-state index contributed by atoms with van der Waals surface area (Å²) in [5.74, 6) is 0. The van der Waals surface area contributed by atoms with E-state index >= 15 is 0 Å². The van der Waals surface area contributed by atoms with Gasteiger partial charge in [0.05, 0.1) is 12.3 Å². The van der Waals surface area contributed by atoms with Crippen LogP contribution in [0.15, 0.2) is 30.3 Å². The fourth-order valence-electron chi connectivity index (χ4n) is 1.02. The maximum Gasteiger partial charge on any atom is 0.426 e. The molecule has 0 aliphatic rings. The summed E-state index contributed by atoms with van der Waals surface area (Å²) in [6.07, 6.45) is -0.446. The Morgan fingerprint density at radius 2 is 2.07 bits per heavy atom. The van der Waals surface area contributed by atoms with E-state index in [2.05, 4.69) is 5.43 Å². The number of hydrogen-bond acceptors (Lipinski definition) is 3. The molecule has 1 amide bonds. The van der Waals surface area contributed by atoms with E-state index in [1.807, 2.05) is 30.3 Å². The molecule has 0 atom stereocenters. The highest BCUT2D eigenvalue weighted by Crippen LogP contribution is 2.08. The maximum absolute atomic E-state index is 11.1. The summed E-state index contributed by atoms with van der Waals surface area (Å²) in [6.45, 7) is 2.14. The third-order valence-electron chi connectivity index (χ3n) is 1.68. The first-order valence-electron chi connectivity index (χ1n) is 4.46. The number of hydrazine groups is 1. The van der Waals surface area contributed by atoms with Crippen molar-refractivity contribution in [3.05, 3.63) is 30.3 Å². The number of amides is 1. The van der Waals surface area contributed by atoms with Crippen LogP contribution < -0.4 is 10.4 Å². The van der Waals surface area contributed by atoms with Crippen LogP contribution in [0.3, 0.4) is 0 Å². The first-order chi connectivity index (χ1) is 6.74. The van der Waals surface area contributed by atoms with Crippen molar-refractivity contribution in [2.24, 2.45) is 0 Å². The van der Waals surface area contributed by atoms with Crippen LogP contribution in [0, 0.1) is 0 Å². The second kappa shape index (κ2) is 5.11. The van der Waals surface area contributed by atoms with Gasteiger partial charge in [-0.25, -0.2) is 10.2 Å². The number of carbonyl (C=O) groups is 1. The molecule has 0 saturated carbocycles. The summed E-state index contributed by atoms with van der Waals surface area (Å²) in [5.41, 5.74) is 3.47. The number of rotatable bonds is 3. The smallest absolute Gasteiger partial charge is 0.426 e. The van der Waals surface area contributed by atoms with Gasteiger partial charge in [0.1, 0.15) is 0 Å². The summed E-state index contributed by atoms with van der Waals surface area (Å²) in [5, 5.41) is 1.61. The molecule has 76 valence electrons. The lowest BCUT2D eigenvalue weighted by molar-refractivity contribution is 0.151. The molecular formula is C10H14N2O2. The molecule has 1 aromatic carbocycles. The fraction of sp³-hybridized carbons (Fsp3) is 0.300. The highest BCUT2D eigenvalue weighted by molar-refractivity contribution is 5.69. The van der Waals surface area contributed by atoms with Gasteiger partial charge in [-0.2, -0.15) is 0 Å². The number of anilines is 1. The second-order valence-electron chi connectivity index (χ2n) is 2.73. The zero-order valence-electron chi connectivity index (χ0n) is 8.36. The molecule has 1 N–H and O–H groups in total. The van der Waals surface area contributed by atoms with Crippen molar-refractivity contribution in [3.8, 4) is 0 Å². The third-order valence-corrected chi connectivity index (χ3v) is 1.68.